The smallest absolute Gasteiger partial charge is 0.453 e. The maximum Gasteiger partial charge on any atom is 0.453 e. The van der Waals surface area contributed by atoms with Gasteiger partial charge in [0.25, 0.3) is 17.5 Å². The van der Waals surface area contributed by atoms with Crippen molar-refractivity contribution in [3.8, 4) is 0 Å². The minimum atomic E-state index is -4.68. The molecule has 0 fully saturated rings. The number of hydrogen-bond donors (Lipinski definition) is 1. The van der Waals surface area contributed by atoms with Gasteiger partial charge in [0.2, 0.25) is 0 Å². The number of nitrogens with zero attached hydrogens (tertiary/aromatic N) is 4. The molecule has 0 aromatic carbocycles. The summed E-state index contributed by atoms with van der Waals surface area (Å²) in [5.41, 5.74) is 1.41. The van der Waals surface area contributed by atoms with E-state index in [2.05, 4.69) is 27.0 Å². The van der Waals surface area contributed by atoms with Gasteiger partial charge >= 0.3 is 12.1 Å². The van der Waals surface area contributed by atoms with Gasteiger partial charge in [-0.3, -0.25) is 9.59 Å². The van der Waals surface area contributed by atoms with Crippen molar-refractivity contribution in [1.82, 2.24) is 24.9 Å². The summed E-state index contributed by atoms with van der Waals surface area (Å²) in [6.45, 7) is 6.47. The first kappa shape index (κ1) is 20.3. The van der Waals surface area contributed by atoms with E-state index in [1.807, 2.05) is 0 Å². The highest BCUT2D eigenvalue weighted by atomic mass is 19.4. The van der Waals surface area contributed by atoms with Crippen LogP contribution in [0.2, 0.25) is 0 Å². The highest BCUT2D eigenvalue weighted by Gasteiger charge is 2.36. The van der Waals surface area contributed by atoms with Gasteiger partial charge in [0, 0.05) is 24.4 Å². The maximum atomic E-state index is 12.8. The summed E-state index contributed by atoms with van der Waals surface area (Å²) in [4.78, 5) is 30.6. The van der Waals surface area contributed by atoms with Crippen molar-refractivity contribution in [1.29, 1.82) is 0 Å². The fourth-order valence-electron chi connectivity index (χ4n) is 2.37. The van der Waals surface area contributed by atoms with Crippen LogP contribution in [-0.2, 0) is 26.9 Å². The summed E-state index contributed by atoms with van der Waals surface area (Å²) in [6.07, 6.45) is -3.08. The van der Waals surface area contributed by atoms with E-state index in [0.29, 0.717) is 17.0 Å². The van der Waals surface area contributed by atoms with Crippen molar-refractivity contribution in [3.05, 3.63) is 35.4 Å². The van der Waals surface area contributed by atoms with E-state index in [1.165, 1.54) is 6.08 Å². The highest BCUT2D eigenvalue weighted by Crippen LogP contribution is 2.27. The Hall–Kier alpha value is -2.98. The molecule has 0 aliphatic carbocycles. The summed E-state index contributed by atoms with van der Waals surface area (Å²) in [6, 6.07) is 0. The minimum absolute atomic E-state index is 0.0650. The van der Waals surface area contributed by atoms with Gasteiger partial charge in [-0.1, -0.05) is 6.08 Å². The van der Waals surface area contributed by atoms with Gasteiger partial charge < -0.3 is 10.1 Å². The summed E-state index contributed by atoms with van der Waals surface area (Å²) in [7, 11) is 0. The third kappa shape index (κ3) is 5.02. The molecule has 146 valence electrons. The fourth-order valence-corrected chi connectivity index (χ4v) is 2.37. The molecular weight excluding hydrogens is 367 g/mol. The summed E-state index contributed by atoms with van der Waals surface area (Å²) in [5.74, 6) is -2.51. The van der Waals surface area contributed by atoms with Crippen molar-refractivity contribution >= 4 is 17.7 Å². The molecule has 2 aromatic rings. The monoisotopic (exact) mass is 385 g/mol. The lowest BCUT2D eigenvalue weighted by Gasteiger charge is -2.10. The van der Waals surface area contributed by atoms with Crippen LogP contribution in [0.5, 0.6) is 0 Å². The second-order valence-corrected chi connectivity index (χ2v) is 5.66. The van der Waals surface area contributed by atoms with Gasteiger partial charge in [-0.15, -0.1) is 11.7 Å². The number of alkyl halides is 3. The van der Waals surface area contributed by atoms with Crippen molar-refractivity contribution in [2.24, 2.45) is 0 Å². The lowest BCUT2D eigenvalue weighted by Crippen LogP contribution is -2.28. The number of hydrogen-bond acceptors (Lipinski definition) is 6. The molecule has 0 aliphatic heterocycles. The van der Waals surface area contributed by atoms with Crippen LogP contribution < -0.4 is 5.32 Å². The average Bonchev–Trinajstić information content (AvgIpc) is 3.02. The lowest BCUT2D eigenvalue weighted by atomic mass is 10.1. The third-order valence-corrected chi connectivity index (χ3v) is 3.69. The summed E-state index contributed by atoms with van der Waals surface area (Å²) in [5, 5.41) is 5.90. The lowest BCUT2D eigenvalue weighted by molar-refractivity contribution is -0.148. The summed E-state index contributed by atoms with van der Waals surface area (Å²) < 4.78 is 44.2. The number of aryl methyl sites for hydroxylation is 2. The molecule has 1 amide bonds. The first-order valence-corrected chi connectivity index (χ1v) is 7.96. The Morgan fingerprint density at radius 1 is 1.30 bits per heavy atom. The van der Waals surface area contributed by atoms with E-state index in [1.54, 1.807) is 13.8 Å². The van der Waals surface area contributed by atoms with E-state index in [-0.39, 0.29) is 25.2 Å². The van der Waals surface area contributed by atoms with Crippen molar-refractivity contribution in [2.45, 2.75) is 32.9 Å². The molecule has 1 N–H and O–H groups in total. The zero-order valence-corrected chi connectivity index (χ0v) is 14.8. The largest absolute Gasteiger partial charge is 0.456 e. The first-order valence-electron chi connectivity index (χ1n) is 7.96. The molecule has 27 heavy (non-hydrogen) atoms. The van der Waals surface area contributed by atoms with Crippen LogP contribution in [0, 0.1) is 13.8 Å². The molecule has 0 spiro atoms. The zero-order valence-electron chi connectivity index (χ0n) is 14.8. The number of ether oxygens (including phenoxy) is 1. The number of amides is 1. The van der Waals surface area contributed by atoms with Crippen LogP contribution in [0.25, 0.3) is 5.78 Å². The Morgan fingerprint density at radius 2 is 2.00 bits per heavy atom. The van der Waals surface area contributed by atoms with Crippen molar-refractivity contribution in [3.63, 3.8) is 0 Å². The molecular formula is C16H18F3N5O3. The normalized spacial score (nSPS) is 11.4. The molecule has 2 aromatic heterocycles. The topological polar surface area (TPSA) is 98.5 Å². The molecule has 8 nitrogen and oxygen atoms in total. The van der Waals surface area contributed by atoms with E-state index in [9.17, 15) is 22.8 Å². The zero-order chi connectivity index (χ0) is 20.2. The van der Waals surface area contributed by atoms with Gasteiger partial charge in [0.15, 0.2) is 6.61 Å². The standard InChI is InChI=1S/C16H18F3N5O3/c1-4-7-20-12(25)8-27-13(26)6-5-11-9(2)21-15-22-14(16(17,18)19)23-24(15)10(11)3/h4H,1,5-8H2,2-3H3,(H,20,25). The number of halogens is 3. The molecule has 0 aliphatic rings. The molecule has 2 heterocycles. The molecule has 0 radical (unpaired) electrons. The Bertz CT molecular complexity index is 876. The second-order valence-electron chi connectivity index (χ2n) is 5.66. The average molecular weight is 385 g/mol. The fraction of sp³-hybridized carbons (Fsp3) is 0.438. The van der Waals surface area contributed by atoms with E-state index in [0.717, 1.165) is 4.52 Å². The van der Waals surface area contributed by atoms with Crippen molar-refractivity contribution in [2.75, 3.05) is 13.2 Å². The van der Waals surface area contributed by atoms with Crippen LogP contribution in [0.15, 0.2) is 12.7 Å². The maximum absolute atomic E-state index is 12.8. The SMILES string of the molecule is C=CCNC(=O)COC(=O)CCc1c(C)nc2nc(C(F)(F)F)nn2c1C. The number of carbonyl (C=O) groups is 2. The van der Waals surface area contributed by atoms with E-state index in [4.69, 9.17) is 4.74 Å². The number of carbonyl (C=O) groups excluding carboxylic acids is 2. The molecule has 0 atom stereocenters. The molecule has 0 saturated carbocycles. The third-order valence-electron chi connectivity index (χ3n) is 3.69. The van der Waals surface area contributed by atoms with E-state index < -0.39 is 30.5 Å². The van der Waals surface area contributed by atoms with Crippen LogP contribution >= 0.6 is 0 Å². The van der Waals surface area contributed by atoms with Gasteiger partial charge in [-0.05, 0) is 25.8 Å². The van der Waals surface area contributed by atoms with Gasteiger partial charge in [0.05, 0.1) is 0 Å². The highest BCUT2D eigenvalue weighted by molar-refractivity contribution is 5.80. The Balaban J connectivity index is 2.07. The van der Waals surface area contributed by atoms with Crippen LogP contribution in [-0.4, -0.2) is 44.6 Å². The Morgan fingerprint density at radius 3 is 2.63 bits per heavy atom. The van der Waals surface area contributed by atoms with Crippen LogP contribution in [0.4, 0.5) is 13.2 Å². The number of rotatable bonds is 7. The Kier molecular flexibility index (Phi) is 6.13. The van der Waals surface area contributed by atoms with Crippen LogP contribution in [0.1, 0.15) is 29.2 Å². The quantitative estimate of drug-likeness (QED) is 0.573. The van der Waals surface area contributed by atoms with Gasteiger partial charge in [0.1, 0.15) is 0 Å². The molecule has 0 bridgehead atoms. The number of aromatic nitrogens is 4. The van der Waals surface area contributed by atoms with Gasteiger partial charge in [-0.25, -0.2) is 9.50 Å². The predicted molar refractivity (Wildman–Crippen MR) is 87.7 cm³/mol. The molecule has 2 rings (SSSR count). The van der Waals surface area contributed by atoms with Gasteiger partial charge in [-0.2, -0.15) is 18.2 Å². The number of fused-ring (bicyclic) bond motifs is 1. The van der Waals surface area contributed by atoms with Crippen molar-refractivity contribution < 1.29 is 27.5 Å². The van der Waals surface area contributed by atoms with Crippen LogP contribution in [0.3, 0.4) is 0 Å². The summed E-state index contributed by atoms with van der Waals surface area (Å²) >= 11 is 0. The second kappa shape index (κ2) is 8.14. The Labute approximate surface area is 152 Å². The minimum Gasteiger partial charge on any atom is -0.456 e. The molecule has 11 heteroatoms. The predicted octanol–water partition coefficient (Wildman–Crippen LogP) is 1.54. The number of nitrogens with one attached hydrogen (secondary N) is 1. The molecule has 0 saturated heterocycles. The molecule has 0 unspecified atom stereocenters. The number of esters is 1. The van der Waals surface area contributed by atoms with E-state index >= 15 is 0 Å². The first-order chi connectivity index (χ1) is 12.6.